The number of amides is 3. The monoisotopic (exact) mass is 434 g/mol. The minimum absolute atomic E-state index is 0.0434. The zero-order valence-corrected chi connectivity index (χ0v) is 17.3. The molecule has 1 aromatic heterocycles. The van der Waals surface area contributed by atoms with Gasteiger partial charge in [0.2, 0.25) is 0 Å². The first-order chi connectivity index (χ1) is 15.4. The maximum Gasteiger partial charge on any atom is 0.323 e. The van der Waals surface area contributed by atoms with Gasteiger partial charge in [-0.05, 0) is 42.9 Å². The van der Waals surface area contributed by atoms with E-state index < -0.39 is 12.1 Å². The third-order valence-corrected chi connectivity index (χ3v) is 6.50. The minimum atomic E-state index is -0.647. The van der Waals surface area contributed by atoms with E-state index in [2.05, 4.69) is 5.32 Å². The Morgan fingerprint density at radius 3 is 2.59 bits per heavy atom. The molecule has 5 rings (SSSR count). The average Bonchev–Trinajstić information content (AvgIpc) is 3.28. The molecule has 3 aromatic rings. The summed E-state index contributed by atoms with van der Waals surface area (Å²) < 4.78 is 15.2. The molecule has 0 bridgehead atoms. The first kappa shape index (κ1) is 20.2. The number of aryl methyl sites for hydroxylation is 1. The Kier molecular flexibility index (Phi) is 4.92. The second-order valence-electron chi connectivity index (χ2n) is 8.48. The predicted molar refractivity (Wildman–Crippen MR) is 118 cm³/mol. The molecular formula is C24H23FN4O3. The zero-order chi connectivity index (χ0) is 22.4. The lowest BCUT2D eigenvalue weighted by molar-refractivity contribution is -0.122. The van der Waals surface area contributed by atoms with Crippen molar-refractivity contribution >= 4 is 34.4 Å². The van der Waals surface area contributed by atoms with E-state index in [1.54, 1.807) is 41.3 Å². The molecular weight excluding hydrogens is 411 g/mol. The Morgan fingerprint density at radius 1 is 1.06 bits per heavy atom. The lowest BCUT2D eigenvalue weighted by atomic mass is 10.00. The highest BCUT2D eigenvalue weighted by atomic mass is 19.1. The van der Waals surface area contributed by atoms with Crippen molar-refractivity contribution in [3.8, 4) is 0 Å². The average molecular weight is 434 g/mol. The van der Waals surface area contributed by atoms with E-state index in [4.69, 9.17) is 5.73 Å². The van der Waals surface area contributed by atoms with Crippen LogP contribution >= 0.6 is 0 Å². The first-order valence-corrected chi connectivity index (χ1v) is 10.7. The number of benzene rings is 2. The number of nitrogens with two attached hydrogens (primary N) is 1. The lowest BCUT2D eigenvalue weighted by Crippen LogP contribution is -2.45. The van der Waals surface area contributed by atoms with Gasteiger partial charge in [0.15, 0.2) is 5.78 Å². The second-order valence-corrected chi connectivity index (χ2v) is 8.48. The summed E-state index contributed by atoms with van der Waals surface area (Å²) >= 11 is 0. The number of aromatic nitrogens is 1. The normalized spacial score (nSPS) is 21.4. The molecule has 2 aromatic carbocycles. The maximum absolute atomic E-state index is 13.9. The van der Waals surface area contributed by atoms with Crippen molar-refractivity contribution < 1.29 is 18.8 Å². The van der Waals surface area contributed by atoms with E-state index in [9.17, 15) is 18.8 Å². The van der Waals surface area contributed by atoms with Crippen LogP contribution in [0.4, 0.5) is 19.7 Å². The Bertz CT molecular complexity index is 1240. The van der Waals surface area contributed by atoms with Crippen molar-refractivity contribution in [2.75, 3.05) is 5.32 Å². The summed E-state index contributed by atoms with van der Waals surface area (Å²) in [4.78, 5) is 39.6. The number of para-hydroxylation sites is 1. The van der Waals surface area contributed by atoms with Crippen LogP contribution in [0.5, 0.6) is 0 Å². The van der Waals surface area contributed by atoms with Gasteiger partial charge in [0.1, 0.15) is 5.82 Å². The van der Waals surface area contributed by atoms with Gasteiger partial charge in [0.25, 0.3) is 0 Å². The van der Waals surface area contributed by atoms with E-state index in [1.165, 1.54) is 16.8 Å². The number of hydrogen-bond donors (Lipinski definition) is 2. The highest BCUT2D eigenvalue weighted by molar-refractivity contribution is 6.05. The van der Waals surface area contributed by atoms with Gasteiger partial charge < -0.3 is 16.0 Å². The molecule has 8 heteroatoms. The number of ketones is 1. The standard InChI is InChI=1S/C24H23FN4O3/c25-17-7-3-1-5-14(17)9-10-22(30)21-12-15-11-20(15)29(21)24(32)27-18-13-28(23(26)31)19-8-4-2-6-16(18)19/h1-8,13,15,20-21H,9-12H2,(H2,26,31)(H,27,32)/t15-,20-,21+/m1/s1. The predicted octanol–water partition coefficient (Wildman–Crippen LogP) is 3.90. The van der Waals surface area contributed by atoms with Crippen LogP contribution < -0.4 is 11.1 Å². The summed E-state index contributed by atoms with van der Waals surface area (Å²) in [5, 5.41) is 3.56. The molecule has 1 saturated heterocycles. The van der Waals surface area contributed by atoms with Crippen molar-refractivity contribution in [3.63, 3.8) is 0 Å². The van der Waals surface area contributed by atoms with Crippen LogP contribution in [0.1, 0.15) is 24.8 Å². The van der Waals surface area contributed by atoms with Crippen molar-refractivity contribution in [1.82, 2.24) is 9.47 Å². The molecule has 7 nitrogen and oxygen atoms in total. The molecule has 2 fully saturated rings. The molecule has 1 saturated carbocycles. The number of urea groups is 1. The summed E-state index contributed by atoms with van der Waals surface area (Å²) in [7, 11) is 0. The van der Waals surface area contributed by atoms with Crippen molar-refractivity contribution in [2.45, 2.75) is 37.8 Å². The van der Waals surface area contributed by atoms with Gasteiger partial charge in [-0.15, -0.1) is 0 Å². The largest absolute Gasteiger partial charge is 0.351 e. The number of carbonyl (C=O) groups is 3. The van der Waals surface area contributed by atoms with Gasteiger partial charge in [0, 0.05) is 24.0 Å². The van der Waals surface area contributed by atoms with Crippen molar-refractivity contribution in [2.24, 2.45) is 11.7 Å². The maximum atomic E-state index is 13.9. The fraction of sp³-hybridized carbons (Fsp3) is 0.292. The Balaban J connectivity index is 1.33. The van der Waals surface area contributed by atoms with Crippen LogP contribution in [0.15, 0.2) is 54.7 Å². The molecule has 1 aliphatic carbocycles. The summed E-state index contributed by atoms with van der Waals surface area (Å²) in [6.07, 6.45) is 3.50. The number of halogens is 1. The summed E-state index contributed by atoms with van der Waals surface area (Å²) in [5.74, 6) is -0.0553. The molecule has 0 unspecified atom stereocenters. The topological polar surface area (TPSA) is 97.4 Å². The molecule has 3 atom stereocenters. The highest BCUT2D eigenvalue weighted by Gasteiger charge is 2.55. The van der Waals surface area contributed by atoms with Crippen LogP contribution in [0, 0.1) is 11.7 Å². The number of rotatable bonds is 5. The van der Waals surface area contributed by atoms with Gasteiger partial charge >= 0.3 is 12.1 Å². The quantitative estimate of drug-likeness (QED) is 0.637. The Labute approximate surface area is 184 Å². The molecule has 32 heavy (non-hydrogen) atoms. The number of piperidine rings is 1. The fourth-order valence-electron chi connectivity index (χ4n) is 4.80. The van der Waals surface area contributed by atoms with Crippen LogP contribution in [-0.2, 0) is 11.2 Å². The van der Waals surface area contributed by atoms with Gasteiger partial charge in [-0.3, -0.25) is 9.36 Å². The van der Waals surface area contributed by atoms with Gasteiger partial charge in [-0.2, -0.15) is 0 Å². The van der Waals surface area contributed by atoms with E-state index in [0.717, 1.165) is 6.42 Å². The minimum Gasteiger partial charge on any atom is -0.351 e. The Morgan fingerprint density at radius 2 is 1.81 bits per heavy atom. The molecule has 3 N–H and O–H groups in total. The van der Waals surface area contributed by atoms with Crippen molar-refractivity contribution in [3.05, 3.63) is 66.1 Å². The van der Waals surface area contributed by atoms with Crippen LogP contribution in [0.3, 0.4) is 0 Å². The molecule has 3 amide bonds. The molecule has 0 spiro atoms. The highest BCUT2D eigenvalue weighted by Crippen LogP contribution is 2.48. The summed E-state index contributed by atoms with van der Waals surface area (Å²) in [6, 6.07) is 12.1. The third-order valence-electron chi connectivity index (χ3n) is 6.50. The number of nitrogens with one attached hydrogen (secondary N) is 1. The van der Waals surface area contributed by atoms with E-state index >= 15 is 0 Å². The van der Waals surface area contributed by atoms with E-state index in [0.29, 0.717) is 40.9 Å². The number of anilines is 1. The molecule has 1 aliphatic heterocycles. The van der Waals surface area contributed by atoms with Gasteiger partial charge in [0.05, 0.1) is 17.2 Å². The van der Waals surface area contributed by atoms with Crippen molar-refractivity contribution in [1.29, 1.82) is 0 Å². The summed E-state index contributed by atoms with van der Waals surface area (Å²) in [6.45, 7) is 0. The molecule has 2 aliphatic rings. The number of hydrogen-bond acceptors (Lipinski definition) is 3. The van der Waals surface area contributed by atoms with Crippen LogP contribution in [0.25, 0.3) is 10.9 Å². The number of fused-ring (bicyclic) bond motifs is 2. The fourth-order valence-corrected chi connectivity index (χ4v) is 4.80. The number of nitrogens with zero attached hydrogens (tertiary/aromatic N) is 2. The number of carbonyl (C=O) groups excluding carboxylic acids is 3. The lowest BCUT2D eigenvalue weighted by Gasteiger charge is -2.27. The smallest absolute Gasteiger partial charge is 0.323 e. The molecule has 0 radical (unpaired) electrons. The SMILES string of the molecule is NC(=O)n1cc(NC(=O)N2[C@@H]3C[C@@H]3C[C@H]2C(=O)CCc2ccccc2F)c2ccccc21. The van der Waals surface area contributed by atoms with E-state index in [1.807, 2.05) is 6.07 Å². The number of primary amides is 1. The molecule has 2 heterocycles. The summed E-state index contributed by atoms with van der Waals surface area (Å²) in [5.41, 5.74) is 7.02. The first-order valence-electron chi connectivity index (χ1n) is 10.7. The molecule has 164 valence electrons. The Hall–Kier alpha value is -3.68. The zero-order valence-electron chi connectivity index (χ0n) is 17.3. The second kappa shape index (κ2) is 7.78. The number of likely N-dealkylation sites (tertiary alicyclic amines) is 1. The van der Waals surface area contributed by atoms with Gasteiger partial charge in [-0.1, -0.05) is 36.4 Å². The van der Waals surface area contributed by atoms with Crippen LogP contribution in [-0.4, -0.2) is 39.4 Å². The van der Waals surface area contributed by atoms with E-state index in [-0.39, 0.29) is 30.1 Å². The van der Waals surface area contributed by atoms with Crippen LogP contribution in [0.2, 0.25) is 0 Å². The number of Topliss-reactive ketones (excluding diaryl/α,β-unsaturated/α-hetero) is 1. The van der Waals surface area contributed by atoms with Gasteiger partial charge in [-0.25, -0.2) is 14.0 Å². The third kappa shape index (κ3) is 3.51.